The van der Waals surface area contributed by atoms with Crippen LogP contribution < -0.4 is 4.74 Å². The summed E-state index contributed by atoms with van der Waals surface area (Å²) < 4.78 is 5.16. The van der Waals surface area contributed by atoms with E-state index in [2.05, 4.69) is 0 Å². The van der Waals surface area contributed by atoms with Crippen molar-refractivity contribution in [2.75, 3.05) is 7.11 Å². The molecular weight excluding hydrogens is 204 g/mol. The molecule has 0 aromatic heterocycles. The topological polar surface area (TPSA) is 46.5 Å². The molecule has 0 saturated heterocycles. The van der Waals surface area contributed by atoms with Crippen LogP contribution in [0.4, 0.5) is 0 Å². The molecule has 1 aromatic rings. The van der Waals surface area contributed by atoms with E-state index in [1.165, 1.54) is 0 Å². The number of aliphatic hydroxyl groups excluding tert-OH is 1. The molecule has 1 aliphatic rings. The van der Waals surface area contributed by atoms with E-state index >= 15 is 0 Å². The number of carbonyl (C=O) groups excluding carboxylic acids is 1. The van der Waals surface area contributed by atoms with Crippen molar-refractivity contribution in [3.05, 3.63) is 29.8 Å². The average molecular weight is 220 g/mol. The van der Waals surface area contributed by atoms with Crippen LogP contribution in [-0.4, -0.2) is 24.1 Å². The van der Waals surface area contributed by atoms with Crippen molar-refractivity contribution in [3.63, 3.8) is 0 Å². The first kappa shape index (κ1) is 11.1. The summed E-state index contributed by atoms with van der Waals surface area (Å²) in [5, 5.41) is 9.56. The van der Waals surface area contributed by atoms with Crippen LogP contribution >= 0.6 is 0 Å². The number of carbonyl (C=O) groups is 1. The second kappa shape index (κ2) is 4.66. The van der Waals surface area contributed by atoms with Gasteiger partial charge in [0.2, 0.25) is 0 Å². The molecule has 0 heterocycles. The molecule has 16 heavy (non-hydrogen) atoms. The van der Waals surface area contributed by atoms with E-state index in [9.17, 15) is 9.90 Å². The predicted octanol–water partition coefficient (Wildman–Crippen LogP) is 1.89. The van der Waals surface area contributed by atoms with E-state index in [4.69, 9.17) is 4.74 Å². The Kier molecular flexibility index (Phi) is 3.25. The summed E-state index contributed by atoms with van der Waals surface area (Å²) in [6.07, 6.45) is 1.04. The van der Waals surface area contributed by atoms with Crippen LogP contribution in [0.2, 0.25) is 0 Å². The maximum Gasteiger partial charge on any atom is 0.161 e. The Balaban J connectivity index is 2.15. The highest BCUT2D eigenvalue weighted by molar-refractivity contribution is 5.83. The van der Waals surface area contributed by atoms with Crippen LogP contribution in [0.3, 0.4) is 0 Å². The van der Waals surface area contributed by atoms with Gasteiger partial charge in [-0.25, -0.2) is 0 Å². The van der Waals surface area contributed by atoms with Crippen LogP contribution in [-0.2, 0) is 4.79 Å². The van der Waals surface area contributed by atoms with E-state index in [1.54, 1.807) is 7.11 Å². The number of hydrogen-bond donors (Lipinski definition) is 1. The Morgan fingerprint density at radius 3 is 2.94 bits per heavy atom. The van der Waals surface area contributed by atoms with Gasteiger partial charge in [0.05, 0.1) is 7.11 Å². The standard InChI is InChI=1S/C13H16O3/c1-16-11-4-2-3-9(7-11)10-5-6-12(14)13(15)8-10/h2-4,7,10,13,15H,5-6,8H2,1H3. The Labute approximate surface area is 95.0 Å². The average Bonchev–Trinajstić information content (AvgIpc) is 2.33. The molecule has 1 fully saturated rings. The van der Waals surface area contributed by atoms with Crippen molar-refractivity contribution in [3.8, 4) is 5.75 Å². The molecule has 0 bridgehead atoms. The molecule has 2 atom stereocenters. The second-order valence-electron chi connectivity index (χ2n) is 4.23. The molecule has 3 heteroatoms. The molecule has 0 aliphatic heterocycles. The number of hydrogen-bond acceptors (Lipinski definition) is 3. The Morgan fingerprint density at radius 1 is 1.44 bits per heavy atom. The minimum atomic E-state index is -0.787. The van der Waals surface area contributed by atoms with Gasteiger partial charge in [-0.15, -0.1) is 0 Å². The van der Waals surface area contributed by atoms with Gasteiger partial charge in [0.15, 0.2) is 5.78 Å². The third-order valence-electron chi connectivity index (χ3n) is 3.18. The van der Waals surface area contributed by atoms with Gasteiger partial charge >= 0.3 is 0 Å². The fourth-order valence-electron chi connectivity index (χ4n) is 2.20. The summed E-state index contributed by atoms with van der Waals surface area (Å²) in [5.74, 6) is 1.06. The van der Waals surface area contributed by atoms with Crippen LogP contribution in [0.15, 0.2) is 24.3 Å². The van der Waals surface area contributed by atoms with Crippen molar-refractivity contribution < 1.29 is 14.6 Å². The number of aliphatic hydroxyl groups is 1. The fraction of sp³-hybridized carbons (Fsp3) is 0.462. The van der Waals surface area contributed by atoms with Gasteiger partial charge in [-0.2, -0.15) is 0 Å². The highest BCUT2D eigenvalue weighted by atomic mass is 16.5. The third kappa shape index (κ3) is 2.25. The number of ether oxygens (including phenoxy) is 1. The number of rotatable bonds is 2. The minimum absolute atomic E-state index is 0.0286. The number of methoxy groups -OCH3 is 1. The summed E-state index contributed by atoms with van der Waals surface area (Å²) in [4.78, 5) is 11.2. The minimum Gasteiger partial charge on any atom is -0.497 e. The smallest absolute Gasteiger partial charge is 0.161 e. The zero-order valence-corrected chi connectivity index (χ0v) is 9.35. The van der Waals surface area contributed by atoms with Crippen LogP contribution in [0.1, 0.15) is 30.7 Å². The Bertz CT molecular complexity index is 387. The molecule has 0 spiro atoms. The van der Waals surface area contributed by atoms with Gasteiger partial charge in [-0.1, -0.05) is 12.1 Å². The van der Waals surface area contributed by atoms with E-state index in [1.807, 2.05) is 24.3 Å². The number of Topliss-reactive ketones (excluding diaryl/α,β-unsaturated/α-hetero) is 1. The van der Waals surface area contributed by atoms with Gasteiger partial charge in [0, 0.05) is 6.42 Å². The van der Waals surface area contributed by atoms with E-state index < -0.39 is 6.10 Å². The largest absolute Gasteiger partial charge is 0.497 e. The van der Waals surface area contributed by atoms with E-state index in [-0.39, 0.29) is 11.7 Å². The first-order chi connectivity index (χ1) is 7.70. The van der Waals surface area contributed by atoms with Crippen molar-refractivity contribution in [1.29, 1.82) is 0 Å². The summed E-state index contributed by atoms with van der Waals surface area (Å²) >= 11 is 0. The monoisotopic (exact) mass is 220 g/mol. The summed E-state index contributed by atoms with van der Waals surface area (Å²) in [6, 6.07) is 7.84. The van der Waals surface area contributed by atoms with Crippen molar-refractivity contribution in [2.24, 2.45) is 0 Å². The Hall–Kier alpha value is -1.35. The molecule has 2 rings (SSSR count). The molecule has 0 radical (unpaired) electrons. The molecule has 1 aromatic carbocycles. The first-order valence-electron chi connectivity index (χ1n) is 5.55. The summed E-state index contributed by atoms with van der Waals surface area (Å²) in [6.45, 7) is 0. The zero-order valence-electron chi connectivity index (χ0n) is 9.35. The van der Waals surface area contributed by atoms with Gasteiger partial charge in [-0.3, -0.25) is 4.79 Å². The third-order valence-corrected chi connectivity index (χ3v) is 3.18. The normalized spacial score (nSPS) is 25.5. The lowest BCUT2D eigenvalue weighted by molar-refractivity contribution is -0.129. The molecule has 1 N–H and O–H groups in total. The van der Waals surface area contributed by atoms with E-state index in [0.29, 0.717) is 12.8 Å². The quantitative estimate of drug-likeness (QED) is 0.828. The molecule has 1 aliphatic carbocycles. The van der Waals surface area contributed by atoms with Crippen LogP contribution in [0.5, 0.6) is 5.75 Å². The number of benzene rings is 1. The maximum absolute atomic E-state index is 11.2. The second-order valence-corrected chi connectivity index (χ2v) is 4.23. The zero-order chi connectivity index (χ0) is 11.5. The Morgan fingerprint density at radius 2 is 2.25 bits per heavy atom. The van der Waals surface area contributed by atoms with Crippen molar-refractivity contribution >= 4 is 5.78 Å². The lowest BCUT2D eigenvalue weighted by atomic mass is 9.82. The predicted molar refractivity (Wildman–Crippen MR) is 60.6 cm³/mol. The lowest BCUT2D eigenvalue weighted by Gasteiger charge is -2.25. The molecule has 2 unspecified atom stereocenters. The van der Waals surface area contributed by atoms with Gasteiger partial charge in [0.1, 0.15) is 11.9 Å². The molecule has 3 nitrogen and oxygen atoms in total. The van der Waals surface area contributed by atoms with Gasteiger partial charge in [0.25, 0.3) is 0 Å². The number of ketones is 1. The van der Waals surface area contributed by atoms with Crippen LogP contribution in [0.25, 0.3) is 0 Å². The van der Waals surface area contributed by atoms with Crippen LogP contribution in [0, 0.1) is 0 Å². The molecule has 0 amide bonds. The van der Waals surface area contributed by atoms with Crippen molar-refractivity contribution in [2.45, 2.75) is 31.3 Å². The van der Waals surface area contributed by atoms with Crippen molar-refractivity contribution in [1.82, 2.24) is 0 Å². The summed E-state index contributed by atoms with van der Waals surface area (Å²) in [5.41, 5.74) is 1.14. The molecule has 86 valence electrons. The lowest BCUT2D eigenvalue weighted by Crippen LogP contribution is -2.28. The SMILES string of the molecule is COc1cccc(C2CCC(=O)C(O)C2)c1. The van der Waals surface area contributed by atoms with Gasteiger partial charge < -0.3 is 9.84 Å². The molecule has 1 saturated carbocycles. The van der Waals surface area contributed by atoms with Gasteiger partial charge in [-0.05, 0) is 36.5 Å². The first-order valence-corrected chi connectivity index (χ1v) is 5.55. The maximum atomic E-state index is 11.2. The van der Waals surface area contributed by atoms with E-state index in [0.717, 1.165) is 17.7 Å². The summed E-state index contributed by atoms with van der Waals surface area (Å²) in [7, 11) is 1.64. The molecular formula is C13H16O3. The highest BCUT2D eigenvalue weighted by Gasteiger charge is 2.27. The highest BCUT2D eigenvalue weighted by Crippen LogP contribution is 2.32. The fourth-order valence-corrected chi connectivity index (χ4v) is 2.20.